The van der Waals surface area contributed by atoms with Gasteiger partial charge in [0.2, 0.25) is 0 Å². The number of hydrogen-bond donors (Lipinski definition) is 4. The summed E-state index contributed by atoms with van der Waals surface area (Å²) in [6, 6.07) is 38.9. The van der Waals surface area contributed by atoms with E-state index >= 15 is 0 Å². The number of aromatic hydroxyl groups is 2. The molecule has 0 spiro atoms. The Morgan fingerprint density at radius 2 is 1.20 bits per heavy atom. The highest BCUT2D eigenvalue weighted by atomic mass is 79.9. The van der Waals surface area contributed by atoms with Crippen LogP contribution in [0.25, 0.3) is 32.6 Å². The Hall–Kier alpha value is -6.37. The average Bonchev–Trinajstić information content (AvgIpc) is 3.18. The summed E-state index contributed by atoms with van der Waals surface area (Å²) in [6.45, 7) is 0. The molecule has 2 heterocycles. The second kappa shape index (κ2) is 15.9. The topological polar surface area (TPSA) is 138 Å². The van der Waals surface area contributed by atoms with Gasteiger partial charge in [-0.05, 0) is 71.4 Å². The predicted molar refractivity (Wildman–Crippen MR) is 225 cm³/mol. The van der Waals surface area contributed by atoms with Crippen LogP contribution >= 0.6 is 15.9 Å². The van der Waals surface area contributed by atoms with Gasteiger partial charge in [-0.2, -0.15) is 4.36 Å². The molecule has 0 saturated heterocycles. The third-order valence-corrected chi connectivity index (χ3v) is 10.9. The van der Waals surface area contributed by atoms with E-state index in [9.17, 15) is 14.4 Å². The molecule has 2 aromatic heterocycles. The lowest BCUT2D eigenvalue weighted by molar-refractivity contribution is 0.407. The molecule has 0 fully saturated rings. The van der Waals surface area contributed by atoms with Gasteiger partial charge in [0.25, 0.3) is 0 Å². The van der Waals surface area contributed by atoms with Crippen molar-refractivity contribution in [2.24, 2.45) is 4.36 Å². The van der Waals surface area contributed by atoms with Crippen molar-refractivity contribution >= 4 is 86.7 Å². The van der Waals surface area contributed by atoms with Crippen molar-refractivity contribution < 1.29 is 23.9 Å². The van der Waals surface area contributed by atoms with Gasteiger partial charge in [-0.1, -0.05) is 46.3 Å². The maximum Gasteiger partial charge on any atom is 0.124 e. The Kier molecular flexibility index (Phi) is 10.7. The van der Waals surface area contributed by atoms with E-state index in [1.54, 1.807) is 57.1 Å². The first kappa shape index (κ1) is 37.0. The number of nitrogens with one attached hydrogen (secondary N) is 2. The molecule has 1 atom stereocenters. The number of halogens is 1. The number of benzene rings is 6. The van der Waals surface area contributed by atoms with E-state index in [1.807, 2.05) is 97.1 Å². The summed E-state index contributed by atoms with van der Waals surface area (Å²) in [4.78, 5) is 9.46. The van der Waals surface area contributed by atoms with Crippen LogP contribution in [-0.2, 0) is 9.73 Å². The van der Waals surface area contributed by atoms with Crippen molar-refractivity contribution in [2.45, 2.75) is 4.90 Å². The van der Waals surface area contributed by atoms with Gasteiger partial charge in [0, 0.05) is 97.9 Å². The number of anilines is 4. The lowest BCUT2D eigenvalue weighted by Gasteiger charge is -2.12. The van der Waals surface area contributed by atoms with Gasteiger partial charge < -0.3 is 30.3 Å². The number of rotatable bonds is 8. The maximum absolute atomic E-state index is 13.6. The monoisotopic (exact) mass is 813 g/mol. The molecular formula is C43H36BrN5O5S. The smallest absolute Gasteiger partial charge is 0.124 e. The minimum absolute atomic E-state index is 0.0945. The highest BCUT2D eigenvalue weighted by molar-refractivity contribution is 9.10. The molecule has 8 rings (SSSR count). The normalized spacial score (nSPS) is 12.0. The molecule has 55 heavy (non-hydrogen) atoms. The van der Waals surface area contributed by atoms with E-state index in [-0.39, 0.29) is 11.5 Å². The fraction of sp³-hybridized carbons (Fsp3) is 0.0698. The highest BCUT2D eigenvalue weighted by Crippen LogP contribution is 2.34. The van der Waals surface area contributed by atoms with Gasteiger partial charge in [-0.25, -0.2) is 4.21 Å². The van der Waals surface area contributed by atoms with Crippen LogP contribution in [0.2, 0.25) is 0 Å². The summed E-state index contributed by atoms with van der Waals surface area (Å²) in [6.07, 6.45) is 5.11. The van der Waals surface area contributed by atoms with Crippen molar-refractivity contribution in [3.63, 3.8) is 0 Å². The van der Waals surface area contributed by atoms with Gasteiger partial charge in [0.15, 0.2) is 0 Å². The minimum atomic E-state index is -2.68. The fourth-order valence-electron chi connectivity index (χ4n) is 6.04. The van der Waals surface area contributed by atoms with E-state index in [1.165, 1.54) is 6.07 Å². The molecular weight excluding hydrogens is 778 g/mol. The minimum Gasteiger partial charge on any atom is -0.508 e. The van der Waals surface area contributed by atoms with Crippen LogP contribution < -0.4 is 20.1 Å². The zero-order valence-corrected chi connectivity index (χ0v) is 32.4. The second-order valence-corrected chi connectivity index (χ2v) is 15.7. The first-order valence-corrected chi connectivity index (χ1v) is 19.7. The summed E-state index contributed by atoms with van der Waals surface area (Å²) in [7, 11) is 0.439. The number of hydrogen-bond acceptors (Lipinski definition) is 10. The van der Waals surface area contributed by atoms with Gasteiger partial charge in [0.05, 0.1) is 40.7 Å². The van der Waals surface area contributed by atoms with Crippen molar-refractivity contribution in [2.75, 3.05) is 31.1 Å². The third-order valence-electron chi connectivity index (χ3n) is 8.68. The molecule has 0 bridgehead atoms. The summed E-state index contributed by atoms with van der Waals surface area (Å²) >= 11 is 3.47. The number of nitrogens with zero attached hydrogens (tertiary/aromatic N) is 3. The second-order valence-electron chi connectivity index (χ2n) is 12.6. The SMILES string of the molecule is COc1cc(O)cc(Nc2ccnc3ccc(Br)cc23)c1.COc1cc(O)cc(Nc2ccnc3ccc(N=S(C)(=O)c4ccc5ccccc5c4)cc23)c1. The maximum atomic E-state index is 13.6. The largest absolute Gasteiger partial charge is 0.508 e. The number of phenolic OH excluding ortho intramolecular Hbond substituents is 2. The molecule has 0 amide bonds. The first-order valence-electron chi connectivity index (χ1n) is 17.0. The van der Waals surface area contributed by atoms with Gasteiger partial charge in [0.1, 0.15) is 23.0 Å². The van der Waals surface area contributed by atoms with E-state index in [2.05, 4.69) is 40.9 Å². The number of aromatic nitrogens is 2. The molecule has 0 radical (unpaired) electrons. The summed E-state index contributed by atoms with van der Waals surface area (Å²) in [5, 5.41) is 30.2. The van der Waals surface area contributed by atoms with Gasteiger partial charge >= 0.3 is 0 Å². The number of pyridine rings is 2. The van der Waals surface area contributed by atoms with Crippen LogP contribution in [0.3, 0.4) is 0 Å². The van der Waals surface area contributed by atoms with E-state index in [0.717, 1.165) is 54.1 Å². The molecule has 1 unspecified atom stereocenters. The molecule has 0 aliphatic heterocycles. The number of phenols is 2. The third kappa shape index (κ3) is 8.72. The van der Waals surface area contributed by atoms with Crippen LogP contribution in [-0.4, -0.2) is 44.9 Å². The van der Waals surface area contributed by atoms with E-state index in [4.69, 9.17) is 9.47 Å². The van der Waals surface area contributed by atoms with Crippen molar-refractivity contribution in [3.8, 4) is 23.0 Å². The van der Waals surface area contributed by atoms with Gasteiger partial charge in [-0.15, -0.1) is 0 Å². The molecule has 276 valence electrons. The lowest BCUT2D eigenvalue weighted by Crippen LogP contribution is -1.97. The Morgan fingerprint density at radius 3 is 1.80 bits per heavy atom. The number of ether oxygens (including phenoxy) is 2. The average molecular weight is 815 g/mol. The fourth-order valence-corrected chi connectivity index (χ4v) is 7.69. The Balaban J connectivity index is 0.000000190. The molecule has 10 nitrogen and oxygen atoms in total. The van der Waals surface area contributed by atoms with Crippen LogP contribution in [0.4, 0.5) is 28.4 Å². The molecule has 4 N–H and O–H groups in total. The van der Waals surface area contributed by atoms with Crippen molar-refractivity contribution in [3.05, 3.63) is 144 Å². The summed E-state index contributed by atoms with van der Waals surface area (Å²) in [5.41, 5.74) is 5.37. The van der Waals surface area contributed by atoms with Crippen LogP contribution in [0.15, 0.2) is 154 Å². The molecule has 6 aromatic carbocycles. The molecule has 0 aliphatic rings. The predicted octanol–water partition coefficient (Wildman–Crippen LogP) is 11.1. The van der Waals surface area contributed by atoms with E-state index in [0.29, 0.717) is 27.8 Å². The summed E-state index contributed by atoms with van der Waals surface area (Å²) < 4.78 is 29.6. The van der Waals surface area contributed by atoms with E-state index < -0.39 is 9.73 Å². The zero-order valence-electron chi connectivity index (χ0n) is 30.0. The van der Waals surface area contributed by atoms with Crippen LogP contribution in [0, 0.1) is 0 Å². The summed E-state index contributed by atoms with van der Waals surface area (Å²) in [5.74, 6) is 1.38. The molecule has 8 aromatic rings. The zero-order chi connectivity index (χ0) is 38.5. The van der Waals surface area contributed by atoms with Gasteiger partial charge in [-0.3, -0.25) is 9.97 Å². The molecule has 0 saturated carbocycles. The van der Waals surface area contributed by atoms with Crippen molar-refractivity contribution in [1.82, 2.24) is 9.97 Å². The Labute approximate surface area is 326 Å². The number of fused-ring (bicyclic) bond motifs is 3. The quantitative estimate of drug-likeness (QED) is 0.118. The Bertz CT molecular complexity index is 2830. The van der Waals surface area contributed by atoms with Crippen molar-refractivity contribution in [1.29, 1.82) is 0 Å². The lowest BCUT2D eigenvalue weighted by atomic mass is 10.1. The number of methoxy groups -OCH3 is 2. The Morgan fingerprint density at radius 1 is 0.636 bits per heavy atom. The molecule has 12 heteroatoms. The highest BCUT2D eigenvalue weighted by Gasteiger charge is 2.11. The van der Waals surface area contributed by atoms with Crippen LogP contribution in [0.1, 0.15) is 0 Å². The molecule has 0 aliphatic carbocycles. The van der Waals surface area contributed by atoms with Crippen LogP contribution in [0.5, 0.6) is 23.0 Å². The standard InChI is InChI=1S/C27H23N3O3S.C16H13BrN2O2/c1-33-23-15-21(14-22(31)17-23)29-27-11-12-28-26-10-8-20(16-25(26)27)30-34(2,32)24-9-7-18-5-3-4-6-19(18)13-24;1-21-13-8-11(7-12(20)9-13)19-16-4-5-18-15-3-2-10(17)6-14(15)16/h3-17,31H,1-2H3,(H,28,29);2-9,20H,1H3,(H,18,19). The first-order chi connectivity index (χ1) is 26.6.